The summed E-state index contributed by atoms with van der Waals surface area (Å²) in [6.07, 6.45) is 0. The summed E-state index contributed by atoms with van der Waals surface area (Å²) in [4.78, 5) is 9.24. The highest BCUT2D eigenvalue weighted by atomic mass is 35.5. The van der Waals surface area contributed by atoms with E-state index in [4.69, 9.17) is 22.1 Å². The zero-order chi connectivity index (χ0) is 14.1. The molecule has 0 amide bonds. The number of halogens is 1. The van der Waals surface area contributed by atoms with Gasteiger partial charge in [0.25, 0.3) is 0 Å². The van der Waals surface area contributed by atoms with Gasteiger partial charge in [0, 0.05) is 6.07 Å². The van der Waals surface area contributed by atoms with Crippen molar-refractivity contribution in [2.24, 2.45) is 0 Å². The van der Waals surface area contributed by atoms with E-state index in [0.29, 0.717) is 22.3 Å². The molecule has 2 heterocycles. The van der Waals surface area contributed by atoms with Crippen molar-refractivity contribution in [2.75, 3.05) is 18.2 Å². The van der Waals surface area contributed by atoms with Crippen molar-refractivity contribution < 1.29 is 4.74 Å². The summed E-state index contributed by atoms with van der Waals surface area (Å²) in [6.45, 7) is 0. The molecule has 102 valence electrons. The number of nitrogen functional groups attached to an aromatic ring is 1. The molecule has 1 aromatic carbocycles. The average Bonchev–Trinajstić information content (AvgIpc) is 2.89. The van der Waals surface area contributed by atoms with E-state index in [2.05, 4.69) is 15.3 Å². The van der Waals surface area contributed by atoms with Gasteiger partial charge in [-0.2, -0.15) is 4.98 Å². The van der Waals surface area contributed by atoms with E-state index in [-0.39, 0.29) is 5.95 Å². The number of nitrogens with two attached hydrogens (primary N) is 1. The molecule has 0 aliphatic rings. The van der Waals surface area contributed by atoms with Crippen LogP contribution in [0.3, 0.4) is 0 Å². The van der Waals surface area contributed by atoms with Gasteiger partial charge in [0.05, 0.1) is 23.2 Å². The Labute approximate surface area is 124 Å². The number of hydrogen-bond acceptors (Lipinski definition) is 6. The number of nitrogens with one attached hydrogen (secondary N) is 1. The SMILES string of the molecule is COc1ccc(Cl)c(Nc2nc(N)nc3sccc23)c1. The van der Waals surface area contributed by atoms with Crippen molar-refractivity contribution in [2.45, 2.75) is 0 Å². The van der Waals surface area contributed by atoms with Gasteiger partial charge in [-0.3, -0.25) is 0 Å². The Kier molecular flexibility index (Phi) is 3.33. The van der Waals surface area contributed by atoms with Crippen LogP contribution in [0.25, 0.3) is 10.2 Å². The van der Waals surface area contributed by atoms with Crippen molar-refractivity contribution in [3.8, 4) is 5.75 Å². The van der Waals surface area contributed by atoms with Gasteiger partial charge in [0.2, 0.25) is 5.95 Å². The maximum Gasteiger partial charge on any atom is 0.223 e. The smallest absolute Gasteiger partial charge is 0.223 e. The fraction of sp³-hybridized carbons (Fsp3) is 0.0769. The number of nitrogens with zero attached hydrogens (tertiary/aromatic N) is 2. The van der Waals surface area contributed by atoms with Gasteiger partial charge in [0.15, 0.2) is 0 Å². The lowest BCUT2D eigenvalue weighted by atomic mass is 10.3. The monoisotopic (exact) mass is 306 g/mol. The van der Waals surface area contributed by atoms with Crippen molar-refractivity contribution in [3.63, 3.8) is 0 Å². The summed E-state index contributed by atoms with van der Waals surface area (Å²) in [7, 11) is 1.60. The zero-order valence-electron chi connectivity index (χ0n) is 10.6. The van der Waals surface area contributed by atoms with Crippen LogP contribution in [0.1, 0.15) is 0 Å². The molecule has 0 saturated heterocycles. The van der Waals surface area contributed by atoms with Crippen LogP contribution in [0.4, 0.5) is 17.5 Å². The number of methoxy groups -OCH3 is 1. The first-order valence-corrected chi connectivity index (χ1v) is 7.04. The number of fused-ring (bicyclic) bond motifs is 1. The summed E-state index contributed by atoms with van der Waals surface area (Å²) >= 11 is 7.69. The van der Waals surface area contributed by atoms with Gasteiger partial charge < -0.3 is 15.8 Å². The third-order valence-electron chi connectivity index (χ3n) is 2.77. The summed E-state index contributed by atoms with van der Waals surface area (Å²) in [5.74, 6) is 1.56. The molecule has 0 fully saturated rings. The highest BCUT2D eigenvalue weighted by Gasteiger charge is 2.10. The van der Waals surface area contributed by atoms with Crippen LogP contribution in [0.2, 0.25) is 5.02 Å². The molecule has 3 rings (SSSR count). The van der Waals surface area contributed by atoms with E-state index in [9.17, 15) is 0 Å². The van der Waals surface area contributed by atoms with Crippen LogP contribution < -0.4 is 15.8 Å². The topological polar surface area (TPSA) is 73.1 Å². The van der Waals surface area contributed by atoms with E-state index in [0.717, 1.165) is 10.2 Å². The van der Waals surface area contributed by atoms with Gasteiger partial charge in [-0.15, -0.1) is 11.3 Å². The van der Waals surface area contributed by atoms with Crippen LogP contribution in [0, 0.1) is 0 Å². The lowest BCUT2D eigenvalue weighted by Gasteiger charge is -2.10. The fourth-order valence-corrected chi connectivity index (χ4v) is 2.76. The van der Waals surface area contributed by atoms with Crippen LogP contribution >= 0.6 is 22.9 Å². The lowest BCUT2D eigenvalue weighted by Crippen LogP contribution is -2.00. The largest absolute Gasteiger partial charge is 0.497 e. The Morgan fingerprint density at radius 2 is 2.15 bits per heavy atom. The number of ether oxygens (including phenoxy) is 1. The predicted octanol–water partition coefficient (Wildman–Crippen LogP) is 3.68. The molecule has 0 unspecified atom stereocenters. The van der Waals surface area contributed by atoms with Crippen molar-refractivity contribution in [1.82, 2.24) is 9.97 Å². The first-order valence-electron chi connectivity index (χ1n) is 5.78. The van der Waals surface area contributed by atoms with E-state index >= 15 is 0 Å². The minimum Gasteiger partial charge on any atom is -0.497 e. The molecule has 0 bridgehead atoms. The van der Waals surface area contributed by atoms with Gasteiger partial charge in [-0.1, -0.05) is 11.6 Å². The first-order chi connectivity index (χ1) is 9.67. The molecule has 0 radical (unpaired) electrons. The highest BCUT2D eigenvalue weighted by molar-refractivity contribution is 7.16. The second-order valence-corrected chi connectivity index (χ2v) is 5.34. The maximum absolute atomic E-state index is 6.18. The normalized spacial score (nSPS) is 10.7. The Hall–Kier alpha value is -2.05. The Morgan fingerprint density at radius 3 is 2.95 bits per heavy atom. The van der Waals surface area contributed by atoms with E-state index in [1.165, 1.54) is 11.3 Å². The van der Waals surface area contributed by atoms with Crippen molar-refractivity contribution in [1.29, 1.82) is 0 Å². The number of benzene rings is 1. The number of thiophene rings is 1. The van der Waals surface area contributed by atoms with Gasteiger partial charge >= 0.3 is 0 Å². The van der Waals surface area contributed by atoms with Gasteiger partial charge in [0.1, 0.15) is 16.4 Å². The van der Waals surface area contributed by atoms with Crippen LogP contribution in [0.5, 0.6) is 5.75 Å². The third-order valence-corrected chi connectivity index (χ3v) is 3.91. The Balaban J connectivity index is 2.07. The molecular formula is C13H11ClN4OS. The van der Waals surface area contributed by atoms with Crippen LogP contribution in [-0.2, 0) is 0 Å². The summed E-state index contributed by atoms with van der Waals surface area (Å²) in [6, 6.07) is 7.30. The van der Waals surface area contributed by atoms with Gasteiger partial charge in [-0.25, -0.2) is 4.98 Å². The molecular weight excluding hydrogens is 296 g/mol. The molecule has 5 nitrogen and oxygen atoms in total. The van der Waals surface area contributed by atoms with Gasteiger partial charge in [-0.05, 0) is 23.6 Å². The molecule has 0 aliphatic carbocycles. The second kappa shape index (κ2) is 5.15. The predicted molar refractivity (Wildman–Crippen MR) is 83.1 cm³/mol. The Morgan fingerprint density at radius 1 is 1.30 bits per heavy atom. The number of aromatic nitrogens is 2. The molecule has 3 aromatic rings. The average molecular weight is 307 g/mol. The first kappa shape index (κ1) is 13.0. The van der Waals surface area contributed by atoms with Crippen molar-refractivity contribution >= 4 is 50.6 Å². The lowest BCUT2D eigenvalue weighted by molar-refractivity contribution is 0.415. The number of hydrogen-bond donors (Lipinski definition) is 2. The molecule has 0 spiro atoms. The minimum absolute atomic E-state index is 0.224. The molecule has 7 heteroatoms. The zero-order valence-corrected chi connectivity index (χ0v) is 12.1. The van der Waals surface area contributed by atoms with Crippen molar-refractivity contribution in [3.05, 3.63) is 34.7 Å². The quantitative estimate of drug-likeness (QED) is 0.772. The minimum atomic E-state index is 0.224. The Bertz CT molecular complexity index is 774. The summed E-state index contributed by atoms with van der Waals surface area (Å²) in [5, 5.41) is 6.60. The van der Waals surface area contributed by atoms with E-state index in [1.807, 2.05) is 11.4 Å². The van der Waals surface area contributed by atoms with E-state index in [1.54, 1.807) is 25.3 Å². The number of anilines is 3. The van der Waals surface area contributed by atoms with Crippen LogP contribution in [0.15, 0.2) is 29.6 Å². The number of rotatable bonds is 3. The molecule has 20 heavy (non-hydrogen) atoms. The highest BCUT2D eigenvalue weighted by Crippen LogP contribution is 2.32. The summed E-state index contributed by atoms with van der Waals surface area (Å²) in [5.41, 5.74) is 6.42. The fourth-order valence-electron chi connectivity index (χ4n) is 1.82. The maximum atomic E-state index is 6.18. The molecule has 0 atom stereocenters. The molecule has 2 aromatic heterocycles. The molecule has 0 saturated carbocycles. The third kappa shape index (κ3) is 2.35. The second-order valence-electron chi connectivity index (χ2n) is 4.04. The van der Waals surface area contributed by atoms with E-state index < -0.39 is 0 Å². The van der Waals surface area contributed by atoms with Crippen LogP contribution in [-0.4, -0.2) is 17.1 Å². The standard InChI is InChI=1S/C13H11ClN4OS/c1-19-7-2-3-9(14)10(6-7)16-11-8-4-5-20-12(8)18-13(15)17-11/h2-6H,1H3,(H3,15,16,17,18). The summed E-state index contributed by atoms with van der Waals surface area (Å²) < 4.78 is 5.19. The molecule has 3 N–H and O–H groups in total. The molecule has 0 aliphatic heterocycles.